The van der Waals surface area contributed by atoms with Crippen LogP contribution in [0.2, 0.25) is 0 Å². The molecule has 1 aliphatic rings. The Hall–Kier alpha value is -3.98. The molecule has 0 unspecified atom stereocenters. The lowest BCUT2D eigenvalue weighted by molar-refractivity contribution is -0.385. The number of aryl methyl sites for hydroxylation is 1. The van der Waals surface area contributed by atoms with E-state index in [0.29, 0.717) is 28.2 Å². The molecule has 1 aliphatic heterocycles. The third-order valence-corrected chi connectivity index (χ3v) is 6.20. The Bertz CT molecular complexity index is 1330. The zero-order valence-corrected chi connectivity index (χ0v) is 18.5. The van der Waals surface area contributed by atoms with Crippen LogP contribution in [0.15, 0.2) is 63.9 Å². The molecule has 2 aromatic carbocycles. The lowest BCUT2D eigenvalue weighted by Gasteiger charge is -2.11. The van der Waals surface area contributed by atoms with Gasteiger partial charge < -0.3 is 4.42 Å². The first-order valence-corrected chi connectivity index (χ1v) is 10.8. The molecule has 1 saturated heterocycles. The predicted octanol–water partition coefficient (Wildman–Crippen LogP) is 5.39. The molecule has 0 atom stereocenters. The molecule has 0 spiro atoms. The van der Waals surface area contributed by atoms with Crippen LogP contribution in [0.25, 0.3) is 17.4 Å². The second-order valence-corrected chi connectivity index (χ2v) is 8.45. The topological polar surface area (TPSA) is 111 Å². The first kappa shape index (κ1) is 22.2. The van der Waals surface area contributed by atoms with Gasteiger partial charge >= 0.3 is 0 Å². The number of benzene rings is 2. The first-order valence-electron chi connectivity index (χ1n) is 9.94. The first-order chi connectivity index (χ1) is 15.7. The van der Waals surface area contributed by atoms with E-state index >= 15 is 0 Å². The number of carbonyl (C=O) groups excluding carboxylic acids is 3. The average Bonchev–Trinajstić information content (AvgIpc) is 3.36. The summed E-state index contributed by atoms with van der Waals surface area (Å²) >= 11 is 0.727. The van der Waals surface area contributed by atoms with Crippen molar-refractivity contribution in [3.05, 3.63) is 92.1 Å². The van der Waals surface area contributed by atoms with E-state index in [2.05, 4.69) is 0 Å². The molecule has 8 nitrogen and oxygen atoms in total. The number of thioether (sulfide) groups is 1. The highest BCUT2D eigenvalue weighted by Crippen LogP contribution is 2.35. The highest BCUT2D eigenvalue weighted by molar-refractivity contribution is 8.18. The second-order valence-electron chi connectivity index (χ2n) is 7.45. The average molecular weight is 462 g/mol. The molecule has 4 rings (SSSR count). The minimum atomic E-state index is -0.575. The molecule has 0 bridgehead atoms. The van der Waals surface area contributed by atoms with E-state index in [0.717, 1.165) is 22.2 Å². The van der Waals surface area contributed by atoms with E-state index in [-0.39, 0.29) is 22.9 Å². The molecule has 1 aromatic heterocycles. The summed E-state index contributed by atoms with van der Waals surface area (Å²) in [5.74, 6) is -0.207. The molecule has 3 aromatic rings. The fourth-order valence-electron chi connectivity index (χ4n) is 3.38. The molecule has 166 valence electrons. The number of nitro benzene ring substituents is 1. The standard InChI is InChI=1S/C24H18N2O6S/c1-14-10-17(11-19(15(14)2)26(30)31)21-9-8-18(32-21)12-22-23(28)25(24(29)33-22)13-20(27)16-6-4-3-5-7-16/h3-12H,13H2,1-2H3/b22-12+. The Labute approximate surface area is 193 Å². The molecular formula is C24H18N2O6S. The van der Waals surface area contributed by atoms with E-state index in [9.17, 15) is 24.5 Å². The number of nitrogens with zero attached hydrogens (tertiary/aromatic N) is 2. The van der Waals surface area contributed by atoms with E-state index in [1.165, 1.54) is 12.1 Å². The van der Waals surface area contributed by atoms with Crippen LogP contribution in [0.3, 0.4) is 0 Å². The molecule has 33 heavy (non-hydrogen) atoms. The highest BCUT2D eigenvalue weighted by atomic mass is 32.2. The van der Waals surface area contributed by atoms with Crippen molar-refractivity contribution in [2.24, 2.45) is 0 Å². The maximum Gasteiger partial charge on any atom is 0.293 e. The number of ketones is 1. The number of carbonyl (C=O) groups is 3. The lowest BCUT2D eigenvalue weighted by atomic mass is 10.0. The van der Waals surface area contributed by atoms with E-state index in [1.54, 1.807) is 62.4 Å². The predicted molar refractivity (Wildman–Crippen MR) is 124 cm³/mol. The van der Waals surface area contributed by atoms with Gasteiger partial charge in [0.1, 0.15) is 11.5 Å². The van der Waals surface area contributed by atoms with Gasteiger partial charge in [-0.25, -0.2) is 0 Å². The van der Waals surface area contributed by atoms with Crippen molar-refractivity contribution in [2.45, 2.75) is 13.8 Å². The van der Waals surface area contributed by atoms with E-state index in [1.807, 2.05) is 0 Å². The number of imide groups is 1. The quantitative estimate of drug-likeness (QED) is 0.209. The van der Waals surface area contributed by atoms with Gasteiger partial charge in [-0.15, -0.1) is 0 Å². The van der Waals surface area contributed by atoms with Crippen molar-refractivity contribution in [2.75, 3.05) is 6.54 Å². The smallest absolute Gasteiger partial charge is 0.293 e. The van der Waals surface area contributed by atoms with Crippen LogP contribution in [0.1, 0.15) is 27.2 Å². The van der Waals surface area contributed by atoms with Crippen molar-refractivity contribution in [3.8, 4) is 11.3 Å². The van der Waals surface area contributed by atoms with Crippen LogP contribution in [0, 0.1) is 24.0 Å². The van der Waals surface area contributed by atoms with Crippen molar-refractivity contribution in [1.29, 1.82) is 0 Å². The van der Waals surface area contributed by atoms with Crippen molar-refractivity contribution >= 4 is 40.5 Å². The Morgan fingerprint density at radius 3 is 2.55 bits per heavy atom. The van der Waals surface area contributed by atoms with Gasteiger partial charge in [-0.2, -0.15) is 0 Å². The Morgan fingerprint density at radius 1 is 1.12 bits per heavy atom. The molecular weight excluding hydrogens is 444 g/mol. The van der Waals surface area contributed by atoms with Gasteiger partial charge in [0.15, 0.2) is 5.78 Å². The van der Waals surface area contributed by atoms with Gasteiger partial charge in [-0.05, 0) is 49.4 Å². The summed E-state index contributed by atoms with van der Waals surface area (Å²) in [6, 6.07) is 14.9. The van der Waals surface area contributed by atoms with Gasteiger partial charge in [0.25, 0.3) is 16.8 Å². The summed E-state index contributed by atoms with van der Waals surface area (Å²) in [6.07, 6.45) is 1.43. The summed E-state index contributed by atoms with van der Waals surface area (Å²) in [6.45, 7) is 3.12. The van der Waals surface area contributed by atoms with Gasteiger partial charge in [0.05, 0.1) is 16.4 Å². The van der Waals surface area contributed by atoms with Crippen molar-refractivity contribution in [3.63, 3.8) is 0 Å². The molecule has 9 heteroatoms. The van der Waals surface area contributed by atoms with Crippen LogP contribution >= 0.6 is 11.8 Å². The van der Waals surface area contributed by atoms with Gasteiger partial charge in [0.2, 0.25) is 0 Å². The maximum atomic E-state index is 12.7. The number of rotatable bonds is 6. The Kier molecular flexibility index (Phi) is 5.97. The third kappa shape index (κ3) is 4.49. The van der Waals surface area contributed by atoms with Gasteiger partial charge in [-0.1, -0.05) is 30.3 Å². The second kappa shape index (κ2) is 8.87. The van der Waals surface area contributed by atoms with Gasteiger partial charge in [-0.3, -0.25) is 29.4 Å². The fourth-order valence-corrected chi connectivity index (χ4v) is 4.20. The highest BCUT2D eigenvalue weighted by Gasteiger charge is 2.36. The number of amides is 2. The zero-order valence-electron chi connectivity index (χ0n) is 17.7. The van der Waals surface area contributed by atoms with Crippen LogP contribution in [0.5, 0.6) is 0 Å². The SMILES string of the molecule is Cc1cc(-c2ccc(/C=C3/SC(=O)N(CC(=O)c4ccccc4)C3=O)o2)cc([N+](=O)[O-])c1C. The van der Waals surface area contributed by atoms with Crippen LogP contribution in [0.4, 0.5) is 10.5 Å². The van der Waals surface area contributed by atoms with Crippen molar-refractivity contribution in [1.82, 2.24) is 4.90 Å². The van der Waals surface area contributed by atoms with Gasteiger partial charge in [0, 0.05) is 28.8 Å². The number of furan rings is 1. The van der Waals surface area contributed by atoms with Crippen molar-refractivity contribution < 1.29 is 23.7 Å². The summed E-state index contributed by atoms with van der Waals surface area (Å²) in [5.41, 5.74) is 2.27. The normalized spacial score (nSPS) is 14.8. The molecule has 0 saturated carbocycles. The van der Waals surface area contributed by atoms with Crippen LogP contribution in [-0.2, 0) is 4.79 Å². The molecule has 1 fully saturated rings. The van der Waals surface area contributed by atoms with Crippen LogP contribution < -0.4 is 0 Å². The minimum absolute atomic E-state index is 0.00727. The molecule has 2 amide bonds. The molecule has 0 aliphatic carbocycles. The number of hydrogen-bond acceptors (Lipinski definition) is 7. The minimum Gasteiger partial charge on any atom is -0.457 e. The van der Waals surface area contributed by atoms with E-state index < -0.39 is 16.1 Å². The molecule has 0 N–H and O–H groups in total. The van der Waals surface area contributed by atoms with Crippen LogP contribution in [-0.4, -0.2) is 33.3 Å². The summed E-state index contributed by atoms with van der Waals surface area (Å²) < 4.78 is 5.77. The third-order valence-electron chi connectivity index (χ3n) is 5.29. The van der Waals surface area contributed by atoms with E-state index in [4.69, 9.17) is 4.42 Å². The number of Topliss-reactive ketones (excluding diaryl/α,β-unsaturated/α-hetero) is 1. The number of hydrogen-bond donors (Lipinski definition) is 0. The number of nitro groups is 1. The summed E-state index contributed by atoms with van der Waals surface area (Å²) in [4.78, 5) is 49.4. The summed E-state index contributed by atoms with van der Waals surface area (Å²) in [7, 11) is 0. The largest absolute Gasteiger partial charge is 0.457 e. The lowest BCUT2D eigenvalue weighted by Crippen LogP contribution is -2.33. The maximum absolute atomic E-state index is 12.7. The molecule has 2 heterocycles. The molecule has 0 radical (unpaired) electrons. The fraction of sp³-hybridized carbons (Fsp3) is 0.125. The monoisotopic (exact) mass is 462 g/mol. The Morgan fingerprint density at radius 2 is 1.85 bits per heavy atom. The summed E-state index contributed by atoms with van der Waals surface area (Å²) in [5, 5.41) is 10.8. The zero-order chi connectivity index (χ0) is 23.7. The Balaban J connectivity index is 1.55.